The van der Waals surface area contributed by atoms with Gasteiger partial charge >= 0.3 is 6.61 Å². The number of fused-ring (bicyclic) bond motifs is 1. The van der Waals surface area contributed by atoms with Crippen molar-refractivity contribution in [3.05, 3.63) is 101 Å². The maximum Gasteiger partial charge on any atom is 0.387 e. The molecule has 0 saturated carbocycles. The summed E-state index contributed by atoms with van der Waals surface area (Å²) in [6.45, 7) is -0.887. The molecule has 1 aromatic heterocycles. The molecular formula is C31H32F4N2O. The monoisotopic (exact) mass is 524 g/mol. The molecule has 4 rings (SSSR count). The van der Waals surface area contributed by atoms with Gasteiger partial charge in [0.1, 0.15) is 11.6 Å². The third-order valence-corrected chi connectivity index (χ3v) is 6.71. The van der Waals surface area contributed by atoms with Crippen molar-refractivity contribution in [3.8, 4) is 5.75 Å². The molecule has 0 radical (unpaired) electrons. The summed E-state index contributed by atoms with van der Waals surface area (Å²) in [4.78, 5) is 9.03. The number of hydrogen-bond acceptors (Lipinski definition) is 3. The number of ether oxygens (including phenoxy) is 1. The summed E-state index contributed by atoms with van der Waals surface area (Å²) in [7, 11) is 0. The van der Waals surface area contributed by atoms with Gasteiger partial charge in [-0.15, -0.1) is 0 Å². The summed E-state index contributed by atoms with van der Waals surface area (Å²) in [5.74, 6) is -0.866. The van der Waals surface area contributed by atoms with Crippen LogP contribution in [-0.4, -0.2) is 16.6 Å². The molecule has 0 amide bonds. The first kappa shape index (κ1) is 27.6. The zero-order valence-corrected chi connectivity index (χ0v) is 21.5. The van der Waals surface area contributed by atoms with Crippen molar-refractivity contribution in [2.75, 3.05) is 0 Å². The van der Waals surface area contributed by atoms with Crippen molar-refractivity contribution in [3.63, 3.8) is 0 Å². The molecule has 0 atom stereocenters. The quantitative estimate of drug-likeness (QED) is 0.131. The Kier molecular flexibility index (Phi) is 9.68. The number of benzene rings is 3. The fourth-order valence-electron chi connectivity index (χ4n) is 4.56. The van der Waals surface area contributed by atoms with E-state index in [1.165, 1.54) is 37.0 Å². The number of rotatable bonds is 13. The molecule has 0 bridgehead atoms. The van der Waals surface area contributed by atoms with Crippen LogP contribution in [0.25, 0.3) is 10.8 Å². The molecule has 0 saturated heterocycles. The van der Waals surface area contributed by atoms with Gasteiger partial charge in [0.25, 0.3) is 0 Å². The predicted molar refractivity (Wildman–Crippen MR) is 142 cm³/mol. The summed E-state index contributed by atoms with van der Waals surface area (Å²) in [5, 5.41) is 1.34. The van der Waals surface area contributed by atoms with Crippen molar-refractivity contribution in [1.82, 2.24) is 9.97 Å². The van der Waals surface area contributed by atoms with Crippen LogP contribution >= 0.6 is 0 Å². The van der Waals surface area contributed by atoms with E-state index >= 15 is 4.39 Å². The first-order valence-electron chi connectivity index (χ1n) is 13.2. The second kappa shape index (κ2) is 13.4. The maximum atomic E-state index is 15.2. The lowest BCUT2D eigenvalue weighted by atomic mass is 9.98. The highest BCUT2D eigenvalue weighted by atomic mass is 19.3. The minimum Gasteiger partial charge on any atom is -0.432 e. The number of alkyl halides is 2. The third-order valence-electron chi connectivity index (χ3n) is 6.71. The van der Waals surface area contributed by atoms with E-state index in [1.807, 2.05) is 30.6 Å². The normalized spacial score (nSPS) is 11.4. The predicted octanol–water partition coefficient (Wildman–Crippen LogP) is 8.20. The van der Waals surface area contributed by atoms with Crippen LogP contribution in [0.15, 0.2) is 60.9 Å². The summed E-state index contributed by atoms with van der Waals surface area (Å²) >= 11 is 0. The van der Waals surface area contributed by atoms with Gasteiger partial charge < -0.3 is 4.74 Å². The maximum absolute atomic E-state index is 15.2. The molecule has 38 heavy (non-hydrogen) atoms. The molecule has 0 unspecified atom stereocenters. The topological polar surface area (TPSA) is 35.0 Å². The van der Waals surface area contributed by atoms with E-state index in [4.69, 9.17) is 0 Å². The fourth-order valence-corrected chi connectivity index (χ4v) is 4.56. The third kappa shape index (κ3) is 7.53. The van der Waals surface area contributed by atoms with Gasteiger partial charge in [-0.25, -0.2) is 18.7 Å². The SMILES string of the molecule is CCCCCCc1cnc(CCc2ccc3c(F)c(CCc4ccc(OC(F)F)c(F)c4)ccc3c2)nc1. The van der Waals surface area contributed by atoms with Crippen molar-refractivity contribution < 1.29 is 22.3 Å². The van der Waals surface area contributed by atoms with Gasteiger partial charge in [0.2, 0.25) is 0 Å². The van der Waals surface area contributed by atoms with Crippen LogP contribution < -0.4 is 4.74 Å². The first-order valence-corrected chi connectivity index (χ1v) is 13.2. The van der Waals surface area contributed by atoms with Gasteiger partial charge in [0.15, 0.2) is 11.6 Å². The molecule has 1 heterocycles. The first-order chi connectivity index (χ1) is 18.4. The highest BCUT2D eigenvalue weighted by Crippen LogP contribution is 2.25. The summed E-state index contributed by atoms with van der Waals surface area (Å²) < 4.78 is 58.0. The van der Waals surface area contributed by atoms with Gasteiger partial charge in [0, 0.05) is 24.2 Å². The number of unbranched alkanes of at least 4 members (excludes halogenated alkanes) is 3. The van der Waals surface area contributed by atoms with Crippen LogP contribution in [0, 0.1) is 11.6 Å². The molecule has 0 spiro atoms. The molecule has 3 nitrogen and oxygen atoms in total. The molecular weight excluding hydrogens is 492 g/mol. The van der Waals surface area contributed by atoms with Gasteiger partial charge in [-0.2, -0.15) is 8.78 Å². The van der Waals surface area contributed by atoms with Crippen LogP contribution in [0.1, 0.15) is 60.7 Å². The Hall–Kier alpha value is -3.48. The van der Waals surface area contributed by atoms with Gasteiger partial charge in [-0.1, -0.05) is 62.6 Å². The lowest BCUT2D eigenvalue weighted by molar-refractivity contribution is -0.0522. The average molecular weight is 525 g/mol. The number of aromatic nitrogens is 2. The average Bonchev–Trinajstić information content (AvgIpc) is 2.91. The molecule has 200 valence electrons. The van der Waals surface area contributed by atoms with E-state index in [1.54, 1.807) is 12.1 Å². The summed E-state index contributed by atoms with van der Waals surface area (Å²) in [6.07, 6.45) is 11.9. The Balaban J connectivity index is 1.34. The van der Waals surface area contributed by atoms with E-state index in [0.29, 0.717) is 35.8 Å². The molecule has 0 aliphatic carbocycles. The molecule has 4 aromatic rings. The molecule has 7 heteroatoms. The number of hydrogen-bond donors (Lipinski definition) is 0. The van der Waals surface area contributed by atoms with Crippen molar-refractivity contribution in [2.45, 2.75) is 71.3 Å². The smallest absolute Gasteiger partial charge is 0.387 e. The fraction of sp³-hybridized carbons (Fsp3) is 0.355. The van der Waals surface area contributed by atoms with E-state index in [-0.39, 0.29) is 5.82 Å². The Bertz CT molecular complexity index is 1340. The van der Waals surface area contributed by atoms with E-state index in [2.05, 4.69) is 21.6 Å². The zero-order valence-electron chi connectivity index (χ0n) is 21.5. The zero-order chi connectivity index (χ0) is 26.9. The molecule has 0 fully saturated rings. The van der Waals surface area contributed by atoms with Crippen LogP contribution in [0.3, 0.4) is 0 Å². The van der Waals surface area contributed by atoms with Crippen molar-refractivity contribution in [1.29, 1.82) is 0 Å². The highest BCUT2D eigenvalue weighted by molar-refractivity contribution is 5.84. The van der Waals surface area contributed by atoms with Crippen molar-refractivity contribution >= 4 is 10.8 Å². The Morgan fingerprint density at radius 1 is 0.737 bits per heavy atom. The second-order valence-electron chi connectivity index (χ2n) is 9.56. The number of nitrogens with zero attached hydrogens (tertiary/aromatic N) is 2. The van der Waals surface area contributed by atoms with Crippen LogP contribution in [-0.2, 0) is 32.1 Å². The van der Waals surface area contributed by atoms with Gasteiger partial charge in [0.05, 0.1) is 0 Å². The molecule has 0 aliphatic heterocycles. The lowest BCUT2D eigenvalue weighted by Gasteiger charge is -2.10. The number of aryl methyl sites for hydroxylation is 5. The van der Waals surface area contributed by atoms with Crippen molar-refractivity contribution in [2.24, 2.45) is 0 Å². The van der Waals surface area contributed by atoms with E-state index in [0.717, 1.165) is 42.1 Å². The van der Waals surface area contributed by atoms with Crippen LogP contribution in [0.4, 0.5) is 17.6 Å². The van der Waals surface area contributed by atoms with E-state index < -0.39 is 18.2 Å². The standard InChI is InChI=1S/C31H32F4N2O/c1-2-3-4-5-6-23-19-36-29(37-20-23)16-10-21-8-14-26-25(17-21)13-12-24(30(26)33)11-7-22-9-15-28(27(32)18-22)38-31(34)35/h8-9,12-15,17-20,31H,2-7,10-11,16H2,1H3. The Morgan fingerprint density at radius 2 is 1.47 bits per heavy atom. The number of halogens is 4. The largest absolute Gasteiger partial charge is 0.432 e. The Morgan fingerprint density at radius 3 is 2.21 bits per heavy atom. The molecule has 3 aromatic carbocycles. The van der Waals surface area contributed by atoms with Crippen LogP contribution in [0.2, 0.25) is 0 Å². The van der Waals surface area contributed by atoms with Crippen LogP contribution in [0.5, 0.6) is 5.75 Å². The summed E-state index contributed by atoms with van der Waals surface area (Å²) in [6, 6.07) is 13.2. The minimum atomic E-state index is -3.09. The van der Waals surface area contributed by atoms with E-state index in [9.17, 15) is 13.2 Å². The lowest BCUT2D eigenvalue weighted by Crippen LogP contribution is -2.04. The van der Waals surface area contributed by atoms with Gasteiger partial charge in [-0.3, -0.25) is 0 Å². The minimum absolute atomic E-state index is 0.301. The molecule has 0 N–H and O–H groups in total. The second-order valence-corrected chi connectivity index (χ2v) is 9.56. The summed E-state index contributed by atoms with van der Waals surface area (Å²) in [5.41, 5.74) is 3.34. The van der Waals surface area contributed by atoms with Gasteiger partial charge in [-0.05, 0) is 71.9 Å². The Labute approximate surface area is 220 Å². The molecule has 0 aliphatic rings. The highest BCUT2D eigenvalue weighted by Gasteiger charge is 2.12.